The molecule has 41 heavy (non-hydrogen) atoms. The third-order valence-corrected chi connectivity index (χ3v) is 8.61. The van der Waals surface area contributed by atoms with Gasteiger partial charge in [-0.2, -0.15) is 13.2 Å². The van der Waals surface area contributed by atoms with E-state index in [4.69, 9.17) is 5.73 Å². The van der Waals surface area contributed by atoms with Gasteiger partial charge < -0.3 is 25.9 Å². The minimum atomic E-state index is -5.39. The number of allylic oxidation sites excluding steroid dienone is 1. The van der Waals surface area contributed by atoms with Crippen LogP contribution in [0.2, 0.25) is 0 Å². The zero-order chi connectivity index (χ0) is 29.6. The third-order valence-electron chi connectivity index (χ3n) is 6.63. The van der Waals surface area contributed by atoms with E-state index < -0.39 is 47.1 Å². The van der Waals surface area contributed by atoms with E-state index in [1.54, 1.807) is 4.90 Å². The summed E-state index contributed by atoms with van der Waals surface area (Å²) in [6, 6.07) is -1.08. The molecule has 2 atom stereocenters. The van der Waals surface area contributed by atoms with Crippen LogP contribution in [0, 0.1) is 0 Å². The van der Waals surface area contributed by atoms with E-state index in [1.807, 2.05) is 0 Å². The topological polar surface area (TPSA) is 185 Å². The number of aliphatic carboxylic acids is 1. The van der Waals surface area contributed by atoms with Gasteiger partial charge in [0.05, 0.1) is 0 Å². The maximum Gasteiger partial charge on any atom is 0.493 e. The van der Waals surface area contributed by atoms with Crippen LogP contribution in [0.15, 0.2) is 33.5 Å². The van der Waals surface area contributed by atoms with Gasteiger partial charge in [0.25, 0.3) is 11.8 Å². The molecule has 0 bridgehead atoms. The molecule has 0 spiro atoms. The average molecular weight is 615 g/mol. The van der Waals surface area contributed by atoms with Crippen LogP contribution in [0.3, 0.4) is 0 Å². The Hall–Kier alpha value is -3.93. The number of carbonyl (C=O) groups is 5. The lowest BCUT2D eigenvalue weighted by atomic mass is 9.98. The Morgan fingerprint density at radius 1 is 1.27 bits per heavy atom. The molecular formula is C23H21F3N6O7S2. The summed E-state index contributed by atoms with van der Waals surface area (Å²) in [5.41, 5.74) is 4.78. The molecule has 1 saturated carbocycles. The summed E-state index contributed by atoms with van der Waals surface area (Å²) in [6.07, 6.45) is -0.788. The van der Waals surface area contributed by atoms with Crippen molar-refractivity contribution in [2.75, 3.05) is 18.0 Å². The minimum absolute atomic E-state index is 0.0639. The van der Waals surface area contributed by atoms with Crippen molar-refractivity contribution in [3.05, 3.63) is 34.0 Å². The normalized spacial score (nSPS) is 24.3. The Bertz CT molecular complexity index is 1430. The molecule has 18 heteroatoms. The SMILES string of the molecule is Nc1nc(C(=NOC(=O)C(F)(F)F)C(=O)N[C@@H]2C(=O)N3C(C(=O)O)=C(C=C4CCCN(C5CC5)C4=O)CS[C@H]23)cs1. The van der Waals surface area contributed by atoms with Crippen molar-refractivity contribution in [2.24, 2.45) is 5.16 Å². The first-order valence-electron chi connectivity index (χ1n) is 12.2. The summed E-state index contributed by atoms with van der Waals surface area (Å²) >= 11 is 1.96. The molecule has 1 aromatic rings. The molecule has 4 aliphatic rings. The first-order chi connectivity index (χ1) is 19.4. The Kier molecular flexibility index (Phi) is 7.54. The molecule has 3 fully saturated rings. The summed E-state index contributed by atoms with van der Waals surface area (Å²) in [5.74, 6) is -6.14. The number of nitrogens with two attached hydrogens (primary N) is 1. The molecule has 3 amide bonds. The molecular weight excluding hydrogens is 593 g/mol. The second kappa shape index (κ2) is 10.8. The number of amides is 3. The van der Waals surface area contributed by atoms with E-state index in [0.29, 0.717) is 18.5 Å². The molecule has 4 N–H and O–H groups in total. The first-order valence-corrected chi connectivity index (χ1v) is 14.1. The van der Waals surface area contributed by atoms with E-state index >= 15 is 0 Å². The van der Waals surface area contributed by atoms with Gasteiger partial charge in [0.2, 0.25) is 5.91 Å². The fourth-order valence-corrected chi connectivity index (χ4v) is 6.47. The fourth-order valence-electron chi connectivity index (χ4n) is 4.62. The smallest absolute Gasteiger partial charge is 0.477 e. The number of β-lactam (4-membered cyclic amide) rings is 1. The number of nitrogens with one attached hydrogen (secondary N) is 1. The summed E-state index contributed by atoms with van der Waals surface area (Å²) in [7, 11) is 0. The Balaban J connectivity index is 1.35. The van der Waals surface area contributed by atoms with Gasteiger partial charge in [-0.1, -0.05) is 5.16 Å². The van der Waals surface area contributed by atoms with E-state index in [9.17, 15) is 42.3 Å². The molecule has 13 nitrogen and oxygen atoms in total. The standard InChI is InChI=1S/C23H21F3N6O7S2/c24-23(25,26)21(38)39-30-13(12-8-41-22(27)28-12)16(33)29-14-18(35)32-15(20(36)37)10(7-40-19(14)32)6-9-2-1-5-31(17(9)34)11-3-4-11/h6,8,11,14,19H,1-5,7H2,(H2,27,28)(H,29,33)(H,36,37)/t14-,19-/m1/s1. The van der Waals surface area contributed by atoms with Gasteiger partial charge in [-0.3, -0.25) is 19.3 Å². The molecule has 4 heterocycles. The summed E-state index contributed by atoms with van der Waals surface area (Å²) < 4.78 is 37.7. The number of carboxylic acid groups (broad SMARTS) is 1. The number of rotatable bonds is 7. The number of nitrogens with zero attached hydrogens (tertiary/aromatic N) is 4. The van der Waals surface area contributed by atoms with E-state index in [2.05, 4.69) is 20.3 Å². The molecule has 0 aromatic carbocycles. The molecule has 1 aliphatic carbocycles. The predicted molar refractivity (Wildman–Crippen MR) is 137 cm³/mol. The number of oxime groups is 1. The molecule has 5 rings (SSSR count). The van der Waals surface area contributed by atoms with Crippen LogP contribution >= 0.6 is 23.1 Å². The molecule has 0 radical (unpaired) electrons. The largest absolute Gasteiger partial charge is 0.493 e. The average Bonchev–Trinajstić information content (AvgIpc) is 3.67. The van der Waals surface area contributed by atoms with Gasteiger partial charge in [0.1, 0.15) is 22.8 Å². The lowest BCUT2D eigenvalue weighted by Gasteiger charge is -2.49. The van der Waals surface area contributed by atoms with Crippen LogP contribution in [0.4, 0.5) is 18.3 Å². The Morgan fingerprint density at radius 2 is 2.00 bits per heavy atom. The van der Waals surface area contributed by atoms with Crippen LogP contribution in [0.1, 0.15) is 31.4 Å². The lowest BCUT2D eigenvalue weighted by molar-refractivity contribution is -0.199. The van der Waals surface area contributed by atoms with Crippen molar-refractivity contribution in [3.63, 3.8) is 0 Å². The van der Waals surface area contributed by atoms with E-state index in [0.717, 1.165) is 47.3 Å². The van der Waals surface area contributed by atoms with Crippen molar-refractivity contribution in [1.29, 1.82) is 0 Å². The van der Waals surface area contributed by atoms with Crippen molar-refractivity contribution in [1.82, 2.24) is 20.1 Å². The maximum atomic E-state index is 13.1. The number of thioether (sulfide) groups is 1. The highest BCUT2D eigenvalue weighted by Gasteiger charge is 2.54. The van der Waals surface area contributed by atoms with Crippen LogP contribution in [0.5, 0.6) is 0 Å². The van der Waals surface area contributed by atoms with Gasteiger partial charge in [-0.05, 0) is 37.3 Å². The number of carbonyl (C=O) groups excluding carboxylic acids is 4. The zero-order valence-corrected chi connectivity index (χ0v) is 22.5. The van der Waals surface area contributed by atoms with Crippen LogP contribution in [-0.2, 0) is 28.8 Å². The number of aromatic nitrogens is 1. The van der Waals surface area contributed by atoms with Crippen molar-refractivity contribution in [3.8, 4) is 0 Å². The number of alkyl halides is 3. The Morgan fingerprint density at radius 3 is 2.61 bits per heavy atom. The number of nitrogen functional groups attached to an aromatic ring is 1. The highest BCUT2D eigenvalue weighted by molar-refractivity contribution is 8.00. The second-order valence-electron chi connectivity index (χ2n) is 9.43. The molecule has 218 valence electrons. The number of hydrogen-bond acceptors (Lipinski definition) is 11. The van der Waals surface area contributed by atoms with Gasteiger partial charge >= 0.3 is 18.1 Å². The highest BCUT2D eigenvalue weighted by atomic mass is 32.2. The minimum Gasteiger partial charge on any atom is -0.477 e. The van der Waals surface area contributed by atoms with Crippen molar-refractivity contribution < 1.29 is 47.1 Å². The van der Waals surface area contributed by atoms with Gasteiger partial charge in [-0.15, -0.1) is 23.1 Å². The molecule has 3 aliphatic heterocycles. The maximum absolute atomic E-state index is 13.1. The number of anilines is 1. The monoisotopic (exact) mass is 614 g/mol. The lowest BCUT2D eigenvalue weighted by Crippen LogP contribution is -2.71. The number of halogens is 3. The van der Waals surface area contributed by atoms with Crippen molar-refractivity contribution in [2.45, 2.75) is 49.3 Å². The van der Waals surface area contributed by atoms with Crippen molar-refractivity contribution >= 4 is 63.6 Å². The van der Waals surface area contributed by atoms with Gasteiger partial charge in [0, 0.05) is 29.3 Å². The van der Waals surface area contributed by atoms with Gasteiger partial charge in [-0.25, -0.2) is 14.6 Å². The predicted octanol–water partition coefficient (Wildman–Crippen LogP) is 0.985. The van der Waals surface area contributed by atoms with Gasteiger partial charge in [0.15, 0.2) is 10.8 Å². The quantitative estimate of drug-likeness (QED) is 0.132. The van der Waals surface area contributed by atoms with Crippen LogP contribution in [0.25, 0.3) is 0 Å². The van der Waals surface area contributed by atoms with E-state index in [1.165, 1.54) is 11.5 Å². The first kappa shape index (κ1) is 28.6. The summed E-state index contributed by atoms with van der Waals surface area (Å²) in [4.78, 5) is 72.7. The number of thiazole rings is 1. The second-order valence-corrected chi connectivity index (χ2v) is 11.4. The number of likely N-dealkylation sites (tertiary alicyclic amines) is 1. The number of fused-ring (bicyclic) bond motifs is 1. The molecule has 2 saturated heterocycles. The fraction of sp³-hybridized carbons (Fsp3) is 0.435. The molecule has 0 unspecified atom stereocenters. The van der Waals surface area contributed by atoms with Crippen LogP contribution in [-0.4, -0.2) is 91.2 Å². The number of hydrogen-bond donors (Lipinski definition) is 3. The third kappa shape index (κ3) is 5.65. The summed E-state index contributed by atoms with van der Waals surface area (Å²) in [6.45, 7) is 0.642. The number of carboxylic acids is 1. The zero-order valence-electron chi connectivity index (χ0n) is 20.8. The highest BCUT2D eigenvalue weighted by Crippen LogP contribution is 2.41. The Labute approximate surface area is 237 Å². The summed E-state index contributed by atoms with van der Waals surface area (Å²) in [5, 5.41) is 15.5. The van der Waals surface area contributed by atoms with Crippen LogP contribution < -0.4 is 11.1 Å². The molecule has 1 aromatic heterocycles. The number of piperidine rings is 1. The van der Waals surface area contributed by atoms with E-state index in [-0.39, 0.29) is 39.8 Å².